The van der Waals surface area contributed by atoms with E-state index in [1.165, 1.54) is 11.9 Å². The van der Waals surface area contributed by atoms with Crippen molar-refractivity contribution >= 4 is 29.3 Å². The fourth-order valence-electron chi connectivity index (χ4n) is 2.84. The van der Waals surface area contributed by atoms with Gasteiger partial charge in [0.25, 0.3) is 0 Å². The summed E-state index contributed by atoms with van der Waals surface area (Å²) in [6.45, 7) is 7.38. The van der Waals surface area contributed by atoms with Crippen LogP contribution in [-0.2, 0) is 22.8 Å². The molecule has 0 spiro atoms. The Hall–Kier alpha value is -2.56. The summed E-state index contributed by atoms with van der Waals surface area (Å²) in [6.07, 6.45) is -4.01. The third-order valence-electron chi connectivity index (χ3n) is 5.05. The first-order valence-electron chi connectivity index (χ1n) is 9.70. The number of carbonyl (C=O) groups is 2. The van der Waals surface area contributed by atoms with Crippen molar-refractivity contribution in [3.05, 3.63) is 35.2 Å². The summed E-state index contributed by atoms with van der Waals surface area (Å²) in [5.74, 6) is -2.00. The number of anilines is 1. The van der Waals surface area contributed by atoms with E-state index in [-0.39, 0.29) is 35.3 Å². The highest BCUT2D eigenvalue weighted by atomic mass is 32.2. The van der Waals surface area contributed by atoms with Crippen LogP contribution in [0.4, 0.5) is 18.9 Å². The summed E-state index contributed by atoms with van der Waals surface area (Å²) in [5, 5.41) is 9.47. The lowest BCUT2D eigenvalue weighted by molar-refractivity contribution is -0.147. The van der Waals surface area contributed by atoms with Crippen molar-refractivity contribution < 1.29 is 22.8 Å². The molecule has 2 amide bonds. The first kappa shape index (κ1) is 24.7. The summed E-state index contributed by atoms with van der Waals surface area (Å²) in [6, 6.07) is 5.34. The number of amides is 2. The van der Waals surface area contributed by atoms with E-state index < -0.39 is 12.0 Å². The molecule has 1 aromatic heterocycles. The van der Waals surface area contributed by atoms with Crippen LogP contribution in [0.25, 0.3) is 0 Å². The highest BCUT2D eigenvalue weighted by Gasteiger charge is 2.37. The lowest BCUT2D eigenvalue weighted by atomic mass is 10.1. The molecule has 0 bridgehead atoms. The molecular weight excluding hydrogens is 431 g/mol. The number of alkyl halides is 3. The van der Waals surface area contributed by atoms with Gasteiger partial charge < -0.3 is 14.8 Å². The van der Waals surface area contributed by atoms with Crippen LogP contribution in [0.15, 0.2) is 23.4 Å². The Morgan fingerprint density at radius 1 is 1.26 bits per heavy atom. The SMILES string of the molecule is CC[C@@H](C)N(CC(=O)Nc1cccc(C)c1C)C(=O)CSc1nnc(C(F)(F)F)n1C. The minimum atomic E-state index is -4.63. The summed E-state index contributed by atoms with van der Waals surface area (Å²) in [4.78, 5) is 26.8. The number of benzene rings is 1. The molecule has 0 saturated carbocycles. The van der Waals surface area contributed by atoms with Crippen molar-refractivity contribution in [3.8, 4) is 0 Å². The van der Waals surface area contributed by atoms with Gasteiger partial charge in [0.15, 0.2) is 5.16 Å². The molecule has 31 heavy (non-hydrogen) atoms. The van der Waals surface area contributed by atoms with E-state index in [2.05, 4.69) is 15.5 Å². The maximum absolute atomic E-state index is 12.9. The fourth-order valence-corrected chi connectivity index (χ4v) is 3.63. The molecular formula is C20H26F3N5O2S. The Balaban J connectivity index is 2.06. The minimum absolute atomic E-state index is 0.0235. The first-order valence-corrected chi connectivity index (χ1v) is 10.7. The molecule has 11 heteroatoms. The lowest BCUT2D eigenvalue weighted by Gasteiger charge is -2.28. The normalized spacial score (nSPS) is 12.5. The zero-order valence-electron chi connectivity index (χ0n) is 18.1. The van der Waals surface area contributed by atoms with Crippen molar-refractivity contribution in [3.63, 3.8) is 0 Å². The van der Waals surface area contributed by atoms with Crippen LogP contribution in [0.1, 0.15) is 37.2 Å². The number of hydrogen-bond acceptors (Lipinski definition) is 5. The Kier molecular flexibility index (Phi) is 8.10. The Morgan fingerprint density at radius 2 is 1.94 bits per heavy atom. The van der Waals surface area contributed by atoms with Gasteiger partial charge >= 0.3 is 6.18 Å². The van der Waals surface area contributed by atoms with Crippen LogP contribution in [0.3, 0.4) is 0 Å². The number of rotatable bonds is 8. The van der Waals surface area contributed by atoms with Gasteiger partial charge in [-0.2, -0.15) is 13.2 Å². The Morgan fingerprint density at radius 3 is 2.52 bits per heavy atom. The molecule has 2 rings (SSSR count). The van der Waals surface area contributed by atoms with Crippen molar-refractivity contribution in [2.24, 2.45) is 7.05 Å². The molecule has 1 aromatic carbocycles. The van der Waals surface area contributed by atoms with Crippen molar-refractivity contribution in [2.45, 2.75) is 51.5 Å². The quantitative estimate of drug-likeness (QED) is 0.610. The molecule has 0 aliphatic carbocycles. The summed E-state index contributed by atoms with van der Waals surface area (Å²) in [7, 11) is 1.19. The van der Waals surface area contributed by atoms with Gasteiger partial charge in [-0.3, -0.25) is 9.59 Å². The summed E-state index contributed by atoms with van der Waals surface area (Å²) >= 11 is 0.850. The average Bonchev–Trinajstić information content (AvgIpc) is 3.08. The molecule has 7 nitrogen and oxygen atoms in total. The maximum atomic E-state index is 12.9. The molecule has 0 radical (unpaired) electrons. The van der Waals surface area contributed by atoms with Gasteiger partial charge in [-0.05, 0) is 44.4 Å². The summed E-state index contributed by atoms with van der Waals surface area (Å²) in [5.41, 5.74) is 2.65. The topological polar surface area (TPSA) is 80.1 Å². The summed E-state index contributed by atoms with van der Waals surface area (Å²) < 4.78 is 39.4. The van der Waals surface area contributed by atoms with Crippen LogP contribution in [0.5, 0.6) is 0 Å². The highest BCUT2D eigenvalue weighted by Crippen LogP contribution is 2.29. The van der Waals surface area contributed by atoms with Crippen molar-refractivity contribution in [1.29, 1.82) is 0 Å². The predicted molar refractivity (Wildman–Crippen MR) is 113 cm³/mol. The van der Waals surface area contributed by atoms with Crippen molar-refractivity contribution in [2.75, 3.05) is 17.6 Å². The van der Waals surface area contributed by atoms with Gasteiger partial charge in [0.2, 0.25) is 17.6 Å². The van der Waals surface area contributed by atoms with Gasteiger partial charge in [0, 0.05) is 18.8 Å². The van der Waals surface area contributed by atoms with Gasteiger partial charge in [0.1, 0.15) is 6.54 Å². The van der Waals surface area contributed by atoms with E-state index in [1.54, 1.807) is 6.07 Å². The largest absolute Gasteiger partial charge is 0.451 e. The number of aryl methyl sites for hydroxylation is 1. The molecule has 1 N–H and O–H groups in total. The molecule has 170 valence electrons. The van der Waals surface area contributed by atoms with E-state index >= 15 is 0 Å². The van der Waals surface area contributed by atoms with Gasteiger partial charge in [-0.15, -0.1) is 10.2 Å². The molecule has 0 saturated heterocycles. The highest BCUT2D eigenvalue weighted by molar-refractivity contribution is 7.99. The second-order valence-corrected chi connectivity index (χ2v) is 8.17. The lowest BCUT2D eigenvalue weighted by Crippen LogP contribution is -2.44. The van der Waals surface area contributed by atoms with Crippen LogP contribution >= 0.6 is 11.8 Å². The van der Waals surface area contributed by atoms with Crippen LogP contribution in [0, 0.1) is 13.8 Å². The second kappa shape index (κ2) is 10.2. The van der Waals surface area contributed by atoms with Crippen LogP contribution in [0.2, 0.25) is 0 Å². The smallest absolute Gasteiger partial charge is 0.330 e. The number of halogens is 3. The number of nitrogens with zero attached hydrogens (tertiary/aromatic N) is 4. The monoisotopic (exact) mass is 457 g/mol. The standard InChI is InChI=1S/C20H26F3N5O2S/c1-6-13(3)28(10-16(29)24-15-9-7-8-12(2)14(15)4)17(30)11-31-19-26-25-18(27(19)5)20(21,22)23/h7-9,13H,6,10-11H2,1-5H3,(H,24,29)/t13-/m1/s1. The van der Waals surface area contributed by atoms with E-state index in [0.29, 0.717) is 12.1 Å². The third kappa shape index (κ3) is 6.22. The van der Waals surface area contributed by atoms with Crippen LogP contribution < -0.4 is 5.32 Å². The number of aromatic nitrogens is 3. The van der Waals surface area contributed by atoms with E-state index in [1.807, 2.05) is 39.8 Å². The first-order chi connectivity index (χ1) is 14.5. The fraction of sp³-hybridized carbons (Fsp3) is 0.500. The molecule has 1 heterocycles. The zero-order chi connectivity index (χ0) is 23.3. The van der Waals surface area contributed by atoms with Gasteiger partial charge in [-0.1, -0.05) is 30.8 Å². The van der Waals surface area contributed by atoms with Crippen molar-refractivity contribution in [1.82, 2.24) is 19.7 Å². The maximum Gasteiger partial charge on any atom is 0.451 e. The average molecular weight is 458 g/mol. The molecule has 0 aliphatic heterocycles. The molecule has 0 aliphatic rings. The Bertz CT molecular complexity index is 945. The molecule has 1 atom stereocenters. The molecule has 0 unspecified atom stereocenters. The zero-order valence-corrected chi connectivity index (χ0v) is 18.9. The van der Waals surface area contributed by atoms with E-state index in [9.17, 15) is 22.8 Å². The van der Waals surface area contributed by atoms with E-state index in [4.69, 9.17) is 0 Å². The number of thioether (sulfide) groups is 1. The predicted octanol–water partition coefficient (Wildman–Crippen LogP) is 3.81. The molecule has 0 fully saturated rings. The number of carbonyl (C=O) groups excluding carboxylic acids is 2. The van der Waals surface area contributed by atoms with E-state index in [0.717, 1.165) is 27.5 Å². The van der Waals surface area contributed by atoms with Crippen LogP contribution in [-0.4, -0.2) is 49.8 Å². The second-order valence-electron chi connectivity index (χ2n) is 7.23. The Labute approximate surface area is 183 Å². The molecule has 2 aromatic rings. The third-order valence-corrected chi connectivity index (χ3v) is 6.05. The van der Waals surface area contributed by atoms with Gasteiger partial charge in [0.05, 0.1) is 5.75 Å². The number of hydrogen-bond donors (Lipinski definition) is 1. The number of nitrogens with one attached hydrogen (secondary N) is 1. The van der Waals surface area contributed by atoms with Gasteiger partial charge in [-0.25, -0.2) is 0 Å². The minimum Gasteiger partial charge on any atom is -0.330 e.